The van der Waals surface area contributed by atoms with Crippen molar-refractivity contribution in [2.45, 2.75) is 31.8 Å². The fourth-order valence-electron chi connectivity index (χ4n) is 4.67. The number of rotatable bonds is 3. The van der Waals surface area contributed by atoms with Crippen molar-refractivity contribution in [3.05, 3.63) is 70.8 Å². The van der Waals surface area contributed by atoms with Gasteiger partial charge in [-0.15, -0.1) is 24.8 Å². The van der Waals surface area contributed by atoms with E-state index in [4.69, 9.17) is 0 Å². The van der Waals surface area contributed by atoms with E-state index in [2.05, 4.69) is 72.6 Å². The number of piperazine rings is 2. The van der Waals surface area contributed by atoms with Gasteiger partial charge in [-0.25, -0.2) is 4.79 Å². The molecule has 2 heterocycles. The summed E-state index contributed by atoms with van der Waals surface area (Å²) in [6.45, 7) is 7.94. The first-order valence-electron chi connectivity index (χ1n) is 10.1. The van der Waals surface area contributed by atoms with Crippen LogP contribution in [0.2, 0.25) is 0 Å². The van der Waals surface area contributed by atoms with E-state index < -0.39 is 6.09 Å². The topological polar surface area (TPSA) is 55.8 Å². The number of fused-ring (bicyclic) bond motifs is 1. The Morgan fingerprint density at radius 1 is 0.933 bits per heavy atom. The van der Waals surface area contributed by atoms with Gasteiger partial charge in [-0.3, -0.25) is 4.90 Å². The molecule has 0 spiro atoms. The summed E-state index contributed by atoms with van der Waals surface area (Å²) in [6.07, 6.45) is -0.810. The molecule has 2 atom stereocenters. The molecule has 2 N–H and O–H groups in total. The molecule has 2 aromatic carbocycles. The summed E-state index contributed by atoms with van der Waals surface area (Å²) in [7, 11) is 0. The normalized spacial score (nSPS) is 21.4. The maximum atomic E-state index is 11.4. The van der Waals surface area contributed by atoms with Crippen molar-refractivity contribution in [2.24, 2.45) is 0 Å². The van der Waals surface area contributed by atoms with Gasteiger partial charge in [-0.2, -0.15) is 0 Å². The lowest BCUT2D eigenvalue weighted by Crippen LogP contribution is -2.66. The number of aryl methyl sites for hydroxylation is 2. The zero-order valence-electron chi connectivity index (χ0n) is 17.5. The first kappa shape index (κ1) is 24.5. The fourth-order valence-corrected chi connectivity index (χ4v) is 4.67. The minimum atomic E-state index is -0.810. The van der Waals surface area contributed by atoms with Crippen molar-refractivity contribution in [3.8, 4) is 0 Å². The summed E-state index contributed by atoms with van der Waals surface area (Å²) in [6, 6.07) is 18.3. The van der Waals surface area contributed by atoms with Gasteiger partial charge < -0.3 is 15.3 Å². The SMILES string of the molecule is Cc1ccc(C(c2ccc(C)cc2)C2CNC[C@@H]3CN(C(=O)O)CCN23)cc1.Cl.Cl. The first-order valence-corrected chi connectivity index (χ1v) is 10.1. The standard InChI is InChI=1S/C23H29N3O2.2ClH/c1-16-3-7-18(8-4-16)22(19-9-5-17(2)6-10-19)21-14-24-13-20-15-25(23(27)28)11-12-26(20)21;;/h3-10,20-22,24H,11-15H2,1-2H3,(H,27,28);2*1H/t20-,21?;;/m1../s1. The highest BCUT2D eigenvalue weighted by Crippen LogP contribution is 2.34. The molecule has 2 aliphatic rings. The highest BCUT2D eigenvalue weighted by atomic mass is 35.5. The van der Waals surface area contributed by atoms with Crippen LogP contribution in [0.1, 0.15) is 28.2 Å². The number of nitrogens with zero attached hydrogens (tertiary/aromatic N) is 2. The molecule has 0 saturated carbocycles. The van der Waals surface area contributed by atoms with Crippen LogP contribution in [0.5, 0.6) is 0 Å². The number of halogens is 2. The molecule has 5 nitrogen and oxygen atoms in total. The van der Waals surface area contributed by atoms with Gasteiger partial charge >= 0.3 is 6.09 Å². The predicted molar refractivity (Wildman–Crippen MR) is 125 cm³/mol. The second kappa shape index (κ2) is 10.5. The quantitative estimate of drug-likeness (QED) is 0.742. The van der Waals surface area contributed by atoms with Gasteiger partial charge in [0, 0.05) is 50.7 Å². The number of benzene rings is 2. The second-order valence-electron chi connectivity index (χ2n) is 8.14. The van der Waals surface area contributed by atoms with Crippen LogP contribution in [0.25, 0.3) is 0 Å². The summed E-state index contributed by atoms with van der Waals surface area (Å²) < 4.78 is 0. The Morgan fingerprint density at radius 3 is 1.97 bits per heavy atom. The minimum Gasteiger partial charge on any atom is -0.465 e. The molecule has 1 amide bonds. The van der Waals surface area contributed by atoms with Gasteiger partial charge in [0.1, 0.15) is 0 Å². The zero-order valence-corrected chi connectivity index (χ0v) is 19.1. The van der Waals surface area contributed by atoms with Crippen molar-refractivity contribution in [1.82, 2.24) is 15.1 Å². The molecule has 30 heavy (non-hydrogen) atoms. The third-order valence-corrected chi connectivity index (χ3v) is 6.22. The molecular weight excluding hydrogens is 421 g/mol. The van der Waals surface area contributed by atoms with E-state index in [-0.39, 0.29) is 36.8 Å². The Labute approximate surface area is 191 Å². The van der Waals surface area contributed by atoms with Gasteiger partial charge in [-0.1, -0.05) is 59.7 Å². The number of amides is 1. The molecule has 2 saturated heterocycles. The van der Waals surface area contributed by atoms with E-state index in [9.17, 15) is 9.90 Å². The van der Waals surface area contributed by atoms with Crippen LogP contribution in [-0.2, 0) is 0 Å². The fraction of sp³-hybridized carbons (Fsp3) is 0.435. The minimum absolute atomic E-state index is 0. The second-order valence-corrected chi connectivity index (χ2v) is 8.14. The van der Waals surface area contributed by atoms with Crippen LogP contribution in [0.3, 0.4) is 0 Å². The maximum absolute atomic E-state index is 11.4. The summed E-state index contributed by atoms with van der Waals surface area (Å²) in [4.78, 5) is 15.5. The van der Waals surface area contributed by atoms with Crippen LogP contribution in [0, 0.1) is 13.8 Å². The number of hydrogen-bond acceptors (Lipinski definition) is 3. The van der Waals surface area contributed by atoms with Crippen molar-refractivity contribution in [1.29, 1.82) is 0 Å². The van der Waals surface area contributed by atoms with Crippen molar-refractivity contribution in [2.75, 3.05) is 32.7 Å². The lowest BCUT2D eigenvalue weighted by atomic mass is 9.81. The number of carboxylic acid groups (broad SMARTS) is 1. The molecule has 0 aliphatic carbocycles. The molecule has 0 bridgehead atoms. The molecule has 2 aromatic rings. The molecule has 7 heteroatoms. The van der Waals surface area contributed by atoms with Crippen molar-refractivity contribution in [3.63, 3.8) is 0 Å². The van der Waals surface area contributed by atoms with Crippen LogP contribution in [0.4, 0.5) is 4.79 Å². The van der Waals surface area contributed by atoms with Gasteiger partial charge in [0.05, 0.1) is 0 Å². The molecule has 4 rings (SSSR count). The van der Waals surface area contributed by atoms with Gasteiger partial charge in [0.2, 0.25) is 0 Å². The Morgan fingerprint density at radius 2 is 1.47 bits per heavy atom. The van der Waals surface area contributed by atoms with Crippen LogP contribution >= 0.6 is 24.8 Å². The predicted octanol–water partition coefficient (Wildman–Crippen LogP) is 3.91. The smallest absolute Gasteiger partial charge is 0.407 e. The number of hydrogen-bond donors (Lipinski definition) is 2. The molecular formula is C23H31Cl2N3O2. The van der Waals surface area contributed by atoms with Crippen molar-refractivity contribution < 1.29 is 9.90 Å². The Kier molecular flexibility index (Phi) is 8.56. The van der Waals surface area contributed by atoms with Crippen LogP contribution in [-0.4, -0.2) is 65.8 Å². The molecule has 0 aromatic heterocycles. The lowest BCUT2D eigenvalue weighted by molar-refractivity contribution is 0.0179. The third-order valence-electron chi connectivity index (χ3n) is 6.22. The largest absolute Gasteiger partial charge is 0.465 e. The van der Waals surface area contributed by atoms with E-state index >= 15 is 0 Å². The Balaban J connectivity index is 0.00000160. The Hall–Kier alpha value is -1.79. The molecule has 2 aliphatic heterocycles. The lowest BCUT2D eigenvalue weighted by Gasteiger charge is -2.50. The van der Waals surface area contributed by atoms with Crippen molar-refractivity contribution >= 4 is 30.9 Å². The molecule has 0 radical (unpaired) electrons. The van der Waals surface area contributed by atoms with Gasteiger partial charge in [0.15, 0.2) is 0 Å². The highest BCUT2D eigenvalue weighted by molar-refractivity contribution is 5.85. The van der Waals surface area contributed by atoms with Gasteiger partial charge in [0.25, 0.3) is 0 Å². The van der Waals surface area contributed by atoms with Crippen LogP contribution in [0.15, 0.2) is 48.5 Å². The van der Waals surface area contributed by atoms with Gasteiger partial charge in [-0.05, 0) is 25.0 Å². The zero-order chi connectivity index (χ0) is 19.7. The Bertz CT molecular complexity index is 784. The summed E-state index contributed by atoms with van der Waals surface area (Å²) in [5, 5.41) is 13.0. The maximum Gasteiger partial charge on any atom is 0.407 e. The van der Waals surface area contributed by atoms with E-state index in [1.165, 1.54) is 22.3 Å². The highest BCUT2D eigenvalue weighted by Gasteiger charge is 2.40. The van der Waals surface area contributed by atoms with E-state index in [0.29, 0.717) is 19.1 Å². The first-order chi connectivity index (χ1) is 13.5. The average molecular weight is 452 g/mol. The van der Waals surface area contributed by atoms with E-state index in [1.54, 1.807) is 4.90 Å². The monoisotopic (exact) mass is 451 g/mol. The number of nitrogens with one attached hydrogen (secondary N) is 1. The molecule has 1 unspecified atom stereocenters. The summed E-state index contributed by atoms with van der Waals surface area (Å²) >= 11 is 0. The van der Waals surface area contributed by atoms with Crippen LogP contribution < -0.4 is 5.32 Å². The summed E-state index contributed by atoms with van der Waals surface area (Å²) in [5.41, 5.74) is 5.17. The van der Waals surface area contributed by atoms with E-state index in [0.717, 1.165) is 19.6 Å². The third kappa shape index (κ3) is 5.09. The molecule has 164 valence electrons. The number of carbonyl (C=O) groups is 1. The van der Waals surface area contributed by atoms with E-state index in [1.807, 2.05) is 0 Å². The summed E-state index contributed by atoms with van der Waals surface area (Å²) in [5.74, 6) is 0.257. The average Bonchev–Trinajstić information content (AvgIpc) is 2.70. The molecule has 2 fully saturated rings.